The summed E-state index contributed by atoms with van der Waals surface area (Å²) in [4.78, 5) is 12.9. The predicted octanol–water partition coefficient (Wildman–Crippen LogP) is 2.94. The van der Waals surface area contributed by atoms with E-state index in [4.69, 9.17) is 5.73 Å². The van der Waals surface area contributed by atoms with Crippen molar-refractivity contribution >= 4 is 11.4 Å². The Kier molecular flexibility index (Phi) is 4.37. The summed E-state index contributed by atoms with van der Waals surface area (Å²) in [6.07, 6.45) is 4.79. The number of benzene rings is 1. The number of hydrogen-bond donors (Lipinski definition) is 1. The highest BCUT2D eigenvalue weighted by atomic mass is 16.6. The summed E-state index contributed by atoms with van der Waals surface area (Å²) in [5.74, 6) is 0. The zero-order valence-electron chi connectivity index (χ0n) is 11.3. The Bertz CT molecular complexity index is 458. The van der Waals surface area contributed by atoms with E-state index in [1.54, 1.807) is 12.1 Å². The third-order valence-electron chi connectivity index (χ3n) is 3.57. The third-order valence-corrected chi connectivity index (χ3v) is 3.57. The molecule has 0 heterocycles. The summed E-state index contributed by atoms with van der Waals surface area (Å²) in [6, 6.07) is 5.35. The van der Waals surface area contributed by atoms with E-state index in [-0.39, 0.29) is 10.6 Å². The fourth-order valence-corrected chi connectivity index (χ4v) is 2.25. The summed E-state index contributed by atoms with van der Waals surface area (Å²) in [5, 5.41) is 10.8. The van der Waals surface area contributed by atoms with Crippen molar-refractivity contribution < 1.29 is 4.92 Å². The van der Waals surface area contributed by atoms with E-state index < -0.39 is 0 Å². The lowest BCUT2D eigenvalue weighted by atomic mass is 10.1. The molecule has 0 aromatic heterocycles. The molecule has 104 valence electrons. The molecule has 1 aliphatic carbocycles. The van der Waals surface area contributed by atoms with Gasteiger partial charge in [-0.05, 0) is 37.4 Å². The molecule has 0 spiro atoms. The van der Waals surface area contributed by atoms with Crippen LogP contribution in [0.3, 0.4) is 0 Å². The molecule has 1 saturated carbocycles. The van der Waals surface area contributed by atoms with Crippen LogP contribution in [-0.2, 0) is 6.54 Å². The van der Waals surface area contributed by atoms with Crippen molar-refractivity contribution in [2.75, 3.05) is 12.3 Å². The minimum atomic E-state index is -0.365. The molecule has 0 aliphatic heterocycles. The van der Waals surface area contributed by atoms with Crippen molar-refractivity contribution in [1.82, 2.24) is 4.90 Å². The molecule has 1 aliphatic rings. The number of nitrogen functional groups attached to an aromatic ring is 1. The molecule has 0 amide bonds. The maximum atomic E-state index is 10.8. The number of non-ortho nitro benzene ring substituents is 1. The van der Waals surface area contributed by atoms with Gasteiger partial charge in [-0.3, -0.25) is 15.0 Å². The van der Waals surface area contributed by atoms with E-state index in [0.29, 0.717) is 11.7 Å². The normalized spacial score (nSPS) is 14.8. The van der Waals surface area contributed by atoms with Gasteiger partial charge in [0.15, 0.2) is 0 Å². The molecule has 0 unspecified atom stereocenters. The van der Waals surface area contributed by atoms with Crippen molar-refractivity contribution in [1.29, 1.82) is 0 Å². The van der Waals surface area contributed by atoms with Gasteiger partial charge in [0.25, 0.3) is 5.69 Å². The molecule has 5 nitrogen and oxygen atoms in total. The molecule has 1 aromatic carbocycles. The molecule has 0 radical (unpaired) electrons. The van der Waals surface area contributed by atoms with Gasteiger partial charge in [-0.2, -0.15) is 0 Å². The van der Waals surface area contributed by atoms with Crippen LogP contribution in [0.1, 0.15) is 38.2 Å². The van der Waals surface area contributed by atoms with Crippen LogP contribution in [-0.4, -0.2) is 22.4 Å². The van der Waals surface area contributed by atoms with Crippen LogP contribution in [0.2, 0.25) is 0 Å². The zero-order chi connectivity index (χ0) is 13.8. The van der Waals surface area contributed by atoms with Gasteiger partial charge in [-0.15, -0.1) is 0 Å². The average Bonchev–Trinajstić information content (AvgIpc) is 3.20. The fraction of sp³-hybridized carbons (Fsp3) is 0.571. The molecular formula is C14H21N3O2. The smallest absolute Gasteiger partial charge is 0.269 e. The van der Waals surface area contributed by atoms with Gasteiger partial charge in [0.2, 0.25) is 0 Å². The lowest BCUT2D eigenvalue weighted by Gasteiger charge is -2.22. The summed E-state index contributed by atoms with van der Waals surface area (Å²) in [6.45, 7) is 3.94. The molecule has 0 bridgehead atoms. The molecule has 2 rings (SSSR count). The van der Waals surface area contributed by atoms with Crippen molar-refractivity contribution in [2.24, 2.45) is 0 Å². The molecule has 5 heteroatoms. The van der Waals surface area contributed by atoms with Gasteiger partial charge in [-0.1, -0.05) is 13.3 Å². The van der Waals surface area contributed by atoms with Gasteiger partial charge >= 0.3 is 0 Å². The van der Waals surface area contributed by atoms with Gasteiger partial charge < -0.3 is 5.73 Å². The monoisotopic (exact) mass is 263 g/mol. The molecule has 1 aromatic rings. The van der Waals surface area contributed by atoms with Crippen molar-refractivity contribution in [3.63, 3.8) is 0 Å². The quantitative estimate of drug-likeness (QED) is 0.466. The van der Waals surface area contributed by atoms with Crippen molar-refractivity contribution in [3.05, 3.63) is 33.9 Å². The van der Waals surface area contributed by atoms with E-state index in [0.717, 1.165) is 31.5 Å². The number of nitrogens with two attached hydrogens (primary N) is 1. The Balaban J connectivity index is 2.11. The number of rotatable bonds is 7. The average molecular weight is 263 g/mol. The SMILES string of the molecule is CCCCN(Cc1cc([N+](=O)[O-])ccc1N)C1CC1. The summed E-state index contributed by atoms with van der Waals surface area (Å²) >= 11 is 0. The maximum Gasteiger partial charge on any atom is 0.269 e. The highest BCUT2D eigenvalue weighted by Gasteiger charge is 2.29. The minimum Gasteiger partial charge on any atom is -0.398 e. The summed E-state index contributed by atoms with van der Waals surface area (Å²) < 4.78 is 0. The number of nitro groups is 1. The van der Waals surface area contributed by atoms with Crippen LogP contribution >= 0.6 is 0 Å². The predicted molar refractivity (Wildman–Crippen MR) is 75.8 cm³/mol. The zero-order valence-corrected chi connectivity index (χ0v) is 11.3. The Hall–Kier alpha value is -1.62. The van der Waals surface area contributed by atoms with E-state index in [1.165, 1.54) is 18.9 Å². The fourth-order valence-electron chi connectivity index (χ4n) is 2.25. The van der Waals surface area contributed by atoms with Gasteiger partial charge in [0, 0.05) is 30.4 Å². The second-order valence-electron chi connectivity index (χ2n) is 5.20. The molecule has 0 atom stereocenters. The number of nitro benzene ring substituents is 1. The second-order valence-corrected chi connectivity index (χ2v) is 5.20. The Morgan fingerprint density at radius 1 is 1.47 bits per heavy atom. The molecule has 2 N–H and O–H groups in total. The molecule has 0 saturated heterocycles. The Labute approximate surface area is 113 Å². The lowest BCUT2D eigenvalue weighted by molar-refractivity contribution is -0.384. The largest absolute Gasteiger partial charge is 0.398 e. The van der Waals surface area contributed by atoms with E-state index in [9.17, 15) is 10.1 Å². The van der Waals surface area contributed by atoms with Crippen LogP contribution < -0.4 is 5.73 Å². The topological polar surface area (TPSA) is 72.4 Å². The van der Waals surface area contributed by atoms with Gasteiger partial charge in [0.1, 0.15) is 0 Å². The first-order valence-electron chi connectivity index (χ1n) is 6.88. The van der Waals surface area contributed by atoms with Crippen LogP contribution in [0, 0.1) is 10.1 Å². The van der Waals surface area contributed by atoms with Crippen molar-refractivity contribution in [2.45, 2.75) is 45.2 Å². The minimum absolute atomic E-state index is 0.121. The molecule has 1 fully saturated rings. The van der Waals surface area contributed by atoms with E-state index in [1.807, 2.05) is 0 Å². The molecular weight excluding hydrogens is 242 g/mol. The van der Waals surface area contributed by atoms with Crippen molar-refractivity contribution in [3.8, 4) is 0 Å². The van der Waals surface area contributed by atoms with Crippen LogP contribution in [0.25, 0.3) is 0 Å². The molecule has 19 heavy (non-hydrogen) atoms. The third kappa shape index (κ3) is 3.67. The van der Waals surface area contributed by atoms with Crippen LogP contribution in [0.4, 0.5) is 11.4 Å². The van der Waals surface area contributed by atoms with Crippen LogP contribution in [0.5, 0.6) is 0 Å². The van der Waals surface area contributed by atoms with Gasteiger partial charge in [0.05, 0.1) is 4.92 Å². The van der Waals surface area contributed by atoms with Crippen LogP contribution in [0.15, 0.2) is 18.2 Å². The first-order valence-corrected chi connectivity index (χ1v) is 6.88. The second kappa shape index (κ2) is 6.02. The standard InChI is InChI=1S/C14H21N3O2/c1-2-3-8-16(12-4-5-12)10-11-9-13(17(18)19)6-7-14(11)15/h6-7,9,12H,2-5,8,10,15H2,1H3. The number of nitrogens with zero attached hydrogens (tertiary/aromatic N) is 2. The number of hydrogen-bond acceptors (Lipinski definition) is 4. The first kappa shape index (κ1) is 13.8. The lowest BCUT2D eigenvalue weighted by Crippen LogP contribution is -2.27. The number of anilines is 1. The highest BCUT2D eigenvalue weighted by Crippen LogP contribution is 2.30. The Morgan fingerprint density at radius 3 is 2.79 bits per heavy atom. The summed E-state index contributed by atoms with van der Waals surface area (Å²) in [5.41, 5.74) is 7.58. The highest BCUT2D eigenvalue weighted by molar-refractivity contribution is 5.52. The van der Waals surface area contributed by atoms with E-state index >= 15 is 0 Å². The summed E-state index contributed by atoms with van der Waals surface area (Å²) in [7, 11) is 0. The first-order chi connectivity index (χ1) is 9.11. The van der Waals surface area contributed by atoms with Gasteiger partial charge in [-0.25, -0.2) is 0 Å². The number of unbranched alkanes of at least 4 members (excludes halogenated alkanes) is 1. The Morgan fingerprint density at radius 2 is 2.21 bits per heavy atom. The maximum absolute atomic E-state index is 10.8. The van der Waals surface area contributed by atoms with E-state index in [2.05, 4.69) is 11.8 Å².